The molecular formula is C26H28FN3O3. The molecule has 1 amide bonds. The van der Waals surface area contributed by atoms with Gasteiger partial charge in [-0.1, -0.05) is 36.9 Å². The van der Waals surface area contributed by atoms with E-state index in [1.807, 2.05) is 43.1 Å². The van der Waals surface area contributed by atoms with Gasteiger partial charge in [-0.2, -0.15) is 5.01 Å². The number of hydrazine groups is 1. The molecule has 6 nitrogen and oxygen atoms in total. The minimum atomic E-state index is -0.733. The Morgan fingerprint density at radius 2 is 1.82 bits per heavy atom. The van der Waals surface area contributed by atoms with Crippen molar-refractivity contribution in [1.29, 1.82) is 0 Å². The SMILES string of the molecule is C=CC(=O)/C(O)=C1/C(=O)N(C(C)C)CN(C2c3ccccc3CCc3ccc(F)cc32)N1C. The lowest BCUT2D eigenvalue weighted by molar-refractivity contribution is -0.155. The third kappa shape index (κ3) is 3.93. The summed E-state index contributed by atoms with van der Waals surface area (Å²) < 4.78 is 14.5. The molecule has 1 saturated heterocycles. The van der Waals surface area contributed by atoms with Gasteiger partial charge in [-0.05, 0) is 67.2 Å². The number of fused-ring (bicyclic) bond motifs is 2. The van der Waals surface area contributed by atoms with Gasteiger partial charge in [0, 0.05) is 13.1 Å². The number of nitrogens with zero attached hydrogens (tertiary/aromatic N) is 3. The summed E-state index contributed by atoms with van der Waals surface area (Å²) in [5.74, 6) is -2.18. The van der Waals surface area contributed by atoms with Crippen molar-refractivity contribution in [3.05, 3.63) is 94.6 Å². The molecule has 4 rings (SSSR count). The molecule has 1 unspecified atom stereocenters. The lowest BCUT2D eigenvalue weighted by atomic mass is 9.93. The Bertz CT molecular complexity index is 1160. The molecule has 1 fully saturated rings. The predicted molar refractivity (Wildman–Crippen MR) is 123 cm³/mol. The van der Waals surface area contributed by atoms with Crippen LogP contribution in [0.15, 0.2) is 66.6 Å². The van der Waals surface area contributed by atoms with Crippen LogP contribution in [0.3, 0.4) is 0 Å². The Hall–Kier alpha value is -3.45. The molecule has 33 heavy (non-hydrogen) atoms. The Labute approximate surface area is 193 Å². The molecule has 0 aromatic heterocycles. The first kappa shape index (κ1) is 22.7. The van der Waals surface area contributed by atoms with Gasteiger partial charge in [0.25, 0.3) is 5.91 Å². The standard InChI is InChI=1S/C26H28FN3O3/c1-5-22(31)25(32)24-26(33)29(16(2)3)15-30(28(24)4)23-20-9-7-6-8-17(20)10-11-18-12-13-19(27)14-21(18)23/h5-9,12-14,16,23,32H,1,10-11,15H2,2-4H3/b25-24+. The predicted octanol–water partition coefficient (Wildman–Crippen LogP) is 3.90. The van der Waals surface area contributed by atoms with E-state index >= 15 is 0 Å². The number of halogens is 1. The van der Waals surface area contributed by atoms with Crippen LogP contribution in [0, 0.1) is 5.82 Å². The van der Waals surface area contributed by atoms with Gasteiger partial charge in [-0.3, -0.25) is 14.6 Å². The van der Waals surface area contributed by atoms with Gasteiger partial charge in [-0.25, -0.2) is 4.39 Å². The molecule has 1 aliphatic heterocycles. The van der Waals surface area contributed by atoms with E-state index in [1.54, 1.807) is 18.0 Å². The van der Waals surface area contributed by atoms with Crippen LogP contribution < -0.4 is 0 Å². The quantitative estimate of drug-likeness (QED) is 0.567. The monoisotopic (exact) mass is 449 g/mol. The summed E-state index contributed by atoms with van der Waals surface area (Å²) in [5.41, 5.74) is 3.84. The largest absolute Gasteiger partial charge is 0.503 e. The van der Waals surface area contributed by atoms with Crippen LogP contribution in [0.4, 0.5) is 4.39 Å². The maximum atomic E-state index is 14.5. The highest BCUT2D eigenvalue weighted by Crippen LogP contribution is 2.40. The second-order valence-corrected chi connectivity index (χ2v) is 8.68. The van der Waals surface area contributed by atoms with Crippen LogP contribution >= 0.6 is 0 Å². The normalized spacial score (nSPS) is 20.3. The molecule has 2 aromatic carbocycles. The maximum Gasteiger partial charge on any atom is 0.276 e. The number of hydrogen-bond acceptors (Lipinski definition) is 5. The minimum Gasteiger partial charge on any atom is -0.503 e. The zero-order valence-corrected chi connectivity index (χ0v) is 19.1. The van der Waals surface area contributed by atoms with Crippen LogP contribution in [0.25, 0.3) is 0 Å². The van der Waals surface area contributed by atoms with Gasteiger partial charge >= 0.3 is 0 Å². The first-order chi connectivity index (χ1) is 15.7. The zero-order chi connectivity index (χ0) is 23.9. The van der Waals surface area contributed by atoms with Crippen LogP contribution in [0.1, 0.15) is 42.1 Å². The molecule has 2 aromatic rings. The van der Waals surface area contributed by atoms with E-state index in [4.69, 9.17) is 0 Å². The van der Waals surface area contributed by atoms with Crippen molar-refractivity contribution >= 4 is 11.7 Å². The second-order valence-electron chi connectivity index (χ2n) is 8.68. The van der Waals surface area contributed by atoms with E-state index in [-0.39, 0.29) is 24.2 Å². The number of aryl methyl sites for hydroxylation is 2. The molecule has 1 atom stereocenters. The highest BCUT2D eigenvalue weighted by atomic mass is 19.1. The van der Waals surface area contributed by atoms with Crippen molar-refractivity contribution < 1.29 is 19.1 Å². The number of carbonyl (C=O) groups is 2. The lowest BCUT2D eigenvalue weighted by Crippen LogP contribution is -2.59. The second kappa shape index (κ2) is 8.83. The van der Waals surface area contributed by atoms with E-state index in [0.29, 0.717) is 0 Å². The smallest absolute Gasteiger partial charge is 0.276 e. The van der Waals surface area contributed by atoms with Crippen LogP contribution in [-0.4, -0.2) is 51.5 Å². The average Bonchev–Trinajstić information content (AvgIpc) is 2.95. The fourth-order valence-electron chi connectivity index (χ4n) is 4.67. The van der Waals surface area contributed by atoms with Crippen molar-refractivity contribution in [3.63, 3.8) is 0 Å². The molecule has 7 heteroatoms. The van der Waals surface area contributed by atoms with Crippen molar-refractivity contribution in [1.82, 2.24) is 14.9 Å². The molecule has 0 radical (unpaired) electrons. The lowest BCUT2D eigenvalue weighted by Gasteiger charge is -2.48. The van der Waals surface area contributed by atoms with E-state index in [0.717, 1.165) is 41.2 Å². The van der Waals surface area contributed by atoms with E-state index in [1.165, 1.54) is 11.1 Å². The summed E-state index contributed by atoms with van der Waals surface area (Å²) in [6, 6.07) is 12.2. The molecule has 0 spiro atoms. The Balaban J connectivity index is 1.95. The van der Waals surface area contributed by atoms with E-state index in [2.05, 4.69) is 12.6 Å². The van der Waals surface area contributed by atoms with Gasteiger partial charge in [0.2, 0.25) is 5.78 Å². The van der Waals surface area contributed by atoms with Gasteiger partial charge < -0.3 is 10.0 Å². The first-order valence-corrected chi connectivity index (χ1v) is 11.0. The number of allylic oxidation sites excluding steroid dienone is 1. The molecule has 1 heterocycles. The van der Waals surface area contributed by atoms with Gasteiger partial charge in [-0.15, -0.1) is 0 Å². The number of aliphatic hydroxyl groups excluding tert-OH is 1. The zero-order valence-electron chi connectivity index (χ0n) is 19.1. The van der Waals surface area contributed by atoms with Crippen molar-refractivity contribution in [3.8, 4) is 0 Å². The summed E-state index contributed by atoms with van der Waals surface area (Å²) >= 11 is 0. The Kier molecular flexibility index (Phi) is 6.08. The topological polar surface area (TPSA) is 64.1 Å². The van der Waals surface area contributed by atoms with Crippen LogP contribution in [-0.2, 0) is 22.4 Å². The third-order valence-electron chi connectivity index (χ3n) is 6.45. The van der Waals surface area contributed by atoms with Crippen molar-refractivity contribution in [2.45, 2.75) is 38.8 Å². The van der Waals surface area contributed by atoms with Crippen molar-refractivity contribution in [2.75, 3.05) is 13.7 Å². The molecule has 1 N–H and O–H groups in total. The first-order valence-electron chi connectivity index (χ1n) is 11.0. The summed E-state index contributed by atoms with van der Waals surface area (Å²) in [4.78, 5) is 27.1. The average molecular weight is 450 g/mol. The molecule has 0 bridgehead atoms. The number of amides is 1. The molecule has 0 saturated carbocycles. The summed E-state index contributed by atoms with van der Waals surface area (Å²) in [6.45, 7) is 7.39. The van der Waals surface area contributed by atoms with Crippen LogP contribution in [0.5, 0.6) is 0 Å². The van der Waals surface area contributed by atoms with Gasteiger partial charge in [0.05, 0.1) is 12.7 Å². The molecule has 172 valence electrons. The third-order valence-corrected chi connectivity index (χ3v) is 6.45. The number of rotatable bonds is 4. The summed E-state index contributed by atoms with van der Waals surface area (Å²) in [6.07, 6.45) is 2.54. The maximum absolute atomic E-state index is 14.5. The Morgan fingerprint density at radius 1 is 1.15 bits per heavy atom. The fraction of sp³-hybridized carbons (Fsp3) is 0.308. The fourth-order valence-corrected chi connectivity index (χ4v) is 4.67. The van der Waals surface area contributed by atoms with Crippen LogP contribution in [0.2, 0.25) is 0 Å². The molecule has 1 aliphatic carbocycles. The Morgan fingerprint density at radius 3 is 2.48 bits per heavy atom. The summed E-state index contributed by atoms with van der Waals surface area (Å²) in [7, 11) is 1.64. The number of likely N-dealkylation sites (N-methyl/N-ethyl adjacent to an activating group) is 1. The van der Waals surface area contributed by atoms with Crippen molar-refractivity contribution in [2.24, 2.45) is 0 Å². The number of ketones is 1. The number of hydrogen-bond donors (Lipinski definition) is 1. The highest BCUT2D eigenvalue weighted by Gasteiger charge is 2.42. The van der Waals surface area contributed by atoms with E-state index in [9.17, 15) is 19.1 Å². The van der Waals surface area contributed by atoms with E-state index < -0.39 is 23.5 Å². The molecule has 2 aliphatic rings. The number of carbonyl (C=O) groups excluding carboxylic acids is 2. The number of benzene rings is 2. The minimum absolute atomic E-state index is 0.125. The van der Waals surface area contributed by atoms with Gasteiger partial charge in [0.15, 0.2) is 11.5 Å². The summed E-state index contributed by atoms with van der Waals surface area (Å²) in [5, 5.41) is 14.1. The highest BCUT2D eigenvalue weighted by molar-refractivity contribution is 6.08. The van der Waals surface area contributed by atoms with Gasteiger partial charge in [0.1, 0.15) is 5.82 Å². The molecular weight excluding hydrogens is 421 g/mol. The number of aliphatic hydroxyl groups is 1.